The Balaban J connectivity index is 0.00000364. The number of aliphatic imine (C=N–C) groups is 1. The number of guanidine groups is 1. The quantitative estimate of drug-likeness (QED) is 0.230. The van der Waals surface area contributed by atoms with E-state index in [1.807, 2.05) is 21.1 Å². The predicted octanol–water partition coefficient (Wildman–Crippen LogP) is 1.20. The van der Waals surface area contributed by atoms with Crippen LogP contribution in [0.2, 0.25) is 0 Å². The normalized spacial score (nSPS) is 23.9. The molecule has 0 aromatic rings. The lowest BCUT2D eigenvalue weighted by atomic mass is 10.2. The first-order valence-corrected chi connectivity index (χ1v) is 10.2. The third kappa shape index (κ3) is 7.38. The topological polar surface area (TPSA) is 63.2 Å². The number of amides is 1. The molecule has 7 nitrogen and oxygen atoms in total. The number of hydrogen-bond acceptors (Lipinski definition) is 4. The maximum Gasteiger partial charge on any atom is 0.239 e. The fourth-order valence-electron chi connectivity index (χ4n) is 4.14. The first kappa shape index (κ1) is 24.4. The van der Waals surface area contributed by atoms with Gasteiger partial charge in [-0.15, -0.1) is 24.0 Å². The predicted molar refractivity (Wildman–Crippen MR) is 123 cm³/mol. The van der Waals surface area contributed by atoms with E-state index in [0.29, 0.717) is 6.04 Å². The standard InChI is InChI=1S/C19H38N6O.HI/c1-5-24-12-6-9-16(24)15-22-19(20-2)21-11-8-14-25-13-7-10-17(25)18(26)23(3)4;/h16-17H,5-15H2,1-4H3,(H2,20,21,22);1H. The van der Waals surface area contributed by atoms with Crippen molar-refractivity contribution < 1.29 is 4.79 Å². The van der Waals surface area contributed by atoms with Gasteiger partial charge in [0.15, 0.2) is 5.96 Å². The van der Waals surface area contributed by atoms with Crippen molar-refractivity contribution in [2.75, 3.05) is 60.4 Å². The Kier molecular flexibility index (Phi) is 11.6. The Labute approximate surface area is 182 Å². The van der Waals surface area contributed by atoms with Gasteiger partial charge in [0.05, 0.1) is 6.04 Å². The Morgan fingerprint density at radius 1 is 1.15 bits per heavy atom. The van der Waals surface area contributed by atoms with Gasteiger partial charge in [-0.05, 0) is 51.7 Å². The minimum Gasteiger partial charge on any atom is -0.356 e. The third-order valence-corrected chi connectivity index (χ3v) is 5.64. The smallest absolute Gasteiger partial charge is 0.239 e. The van der Waals surface area contributed by atoms with Crippen molar-refractivity contribution in [2.24, 2.45) is 4.99 Å². The summed E-state index contributed by atoms with van der Waals surface area (Å²) in [5, 5.41) is 6.88. The maximum absolute atomic E-state index is 12.2. The SMILES string of the molecule is CCN1CCCC1CNC(=NC)NCCCN1CCCC1C(=O)N(C)C.I. The molecule has 0 spiro atoms. The second kappa shape index (κ2) is 12.8. The zero-order chi connectivity index (χ0) is 18.9. The van der Waals surface area contributed by atoms with Crippen molar-refractivity contribution in [3.63, 3.8) is 0 Å². The Hall–Kier alpha value is -0.610. The molecular formula is C19H39IN6O. The van der Waals surface area contributed by atoms with Gasteiger partial charge in [-0.1, -0.05) is 6.92 Å². The van der Waals surface area contributed by atoms with Crippen molar-refractivity contribution >= 4 is 35.8 Å². The lowest BCUT2D eigenvalue weighted by Gasteiger charge is -2.26. The van der Waals surface area contributed by atoms with Crippen LogP contribution in [0.15, 0.2) is 4.99 Å². The highest BCUT2D eigenvalue weighted by molar-refractivity contribution is 14.0. The Morgan fingerprint density at radius 2 is 1.85 bits per heavy atom. The van der Waals surface area contributed by atoms with E-state index in [0.717, 1.165) is 57.9 Å². The number of carbonyl (C=O) groups is 1. The zero-order valence-corrected chi connectivity index (χ0v) is 19.9. The van der Waals surface area contributed by atoms with Gasteiger partial charge in [0.25, 0.3) is 0 Å². The molecule has 2 fully saturated rings. The van der Waals surface area contributed by atoms with Gasteiger partial charge in [0, 0.05) is 46.8 Å². The van der Waals surface area contributed by atoms with E-state index in [2.05, 4.69) is 32.3 Å². The third-order valence-electron chi connectivity index (χ3n) is 5.64. The van der Waals surface area contributed by atoms with E-state index in [4.69, 9.17) is 0 Å². The number of halogens is 1. The molecule has 2 unspecified atom stereocenters. The fourth-order valence-corrected chi connectivity index (χ4v) is 4.14. The summed E-state index contributed by atoms with van der Waals surface area (Å²) < 4.78 is 0. The van der Waals surface area contributed by atoms with Crippen LogP contribution in [0, 0.1) is 0 Å². The molecule has 158 valence electrons. The lowest BCUT2D eigenvalue weighted by molar-refractivity contribution is -0.133. The summed E-state index contributed by atoms with van der Waals surface area (Å²) in [5.41, 5.74) is 0. The molecule has 2 heterocycles. The molecule has 2 aliphatic rings. The average Bonchev–Trinajstić information content (AvgIpc) is 3.29. The van der Waals surface area contributed by atoms with Crippen LogP contribution in [0.5, 0.6) is 0 Å². The number of nitrogens with zero attached hydrogens (tertiary/aromatic N) is 4. The minimum absolute atomic E-state index is 0. The summed E-state index contributed by atoms with van der Waals surface area (Å²) in [7, 11) is 5.52. The summed E-state index contributed by atoms with van der Waals surface area (Å²) in [6.07, 6.45) is 5.70. The fraction of sp³-hybridized carbons (Fsp3) is 0.895. The van der Waals surface area contributed by atoms with Crippen LogP contribution in [-0.4, -0.2) is 99.1 Å². The van der Waals surface area contributed by atoms with Gasteiger partial charge in [-0.25, -0.2) is 0 Å². The highest BCUT2D eigenvalue weighted by Gasteiger charge is 2.31. The molecular weight excluding hydrogens is 455 g/mol. The molecule has 0 aromatic carbocycles. The molecule has 2 atom stereocenters. The van der Waals surface area contributed by atoms with Crippen LogP contribution in [0.25, 0.3) is 0 Å². The van der Waals surface area contributed by atoms with E-state index in [-0.39, 0.29) is 35.9 Å². The summed E-state index contributed by atoms with van der Waals surface area (Å²) >= 11 is 0. The second-order valence-corrected chi connectivity index (χ2v) is 7.58. The number of carbonyl (C=O) groups excluding carboxylic acids is 1. The van der Waals surface area contributed by atoms with Crippen molar-refractivity contribution in [3.05, 3.63) is 0 Å². The number of hydrogen-bond donors (Lipinski definition) is 2. The number of nitrogens with one attached hydrogen (secondary N) is 2. The van der Waals surface area contributed by atoms with Gasteiger partial charge in [0.2, 0.25) is 5.91 Å². The van der Waals surface area contributed by atoms with Crippen LogP contribution in [0.3, 0.4) is 0 Å². The van der Waals surface area contributed by atoms with Gasteiger partial charge in [-0.2, -0.15) is 0 Å². The van der Waals surface area contributed by atoms with Crippen LogP contribution < -0.4 is 10.6 Å². The Bertz CT molecular complexity index is 473. The highest BCUT2D eigenvalue weighted by atomic mass is 127. The average molecular weight is 494 g/mol. The molecule has 0 saturated carbocycles. The van der Waals surface area contributed by atoms with Crippen molar-refractivity contribution in [1.82, 2.24) is 25.3 Å². The number of rotatable bonds is 8. The molecule has 0 radical (unpaired) electrons. The Morgan fingerprint density at radius 3 is 2.52 bits per heavy atom. The summed E-state index contributed by atoms with van der Waals surface area (Å²) in [6.45, 7) is 8.41. The van der Waals surface area contributed by atoms with Crippen molar-refractivity contribution in [3.8, 4) is 0 Å². The van der Waals surface area contributed by atoms with Crippen molar-refractivity contribution in [2.45, 2.75) is 51.1 Å². The molecule has 2 aliphatic heterocycles. The molecule has 0 aromatic heterocycles. The summed E-state index contributed by atoms with van der Waals surface area (Å²) in [6, 6.07) is 0.700. The maximum atomic E-state index is 12.2. The van der Waals surface area contributed by atoms with Crippen LogP contribution in [0.1, 0.15) is 39.0 Å². The van der Waals surface area contributed by atoms with Gasteiger partial charge in [-0.3, -0.25) is 19.6 Å². The van der Waals surface area contributed by atoms with Gasteiger partial charge < -0.3 is 15.5 Å². The molecule has 2 N–H and O–H groups in total. The molecule has 0 aliphatic carbocycles. The number of likely N-dealkylation sites (N-methyl/N-ethyl adjacent to an activating group) is 2. The largest absolute Gasteiger partial charge is 0.356 e. The minimum atomic E-state index is 0. The molecule has 1 amide bonds. The summed E-state index contributed by atoms with van der Waals surface area (Å²) in [5.74, 6) is 1.13. The van der Waals surface area contributed by atoms with Crippen LogP contribution in [0.4, 0.5) is 0 Å². The molecule has 0 bridgehead atoms. The van der Waals surface area contributed by atoms with Crippen molar-refractivity contribution in [1.29, 1.82) is 0 Å². The van der Waals surface area contributed by atoms with Gasteiger partial charge in [0.1, 0.15) is 0 Å². The van der Waals surface area contributed by atoms with E-state index < -0.39 is 0 Å². The lowest BCUT2D eigenvalue weighted by Crippen LogP contribution is -2.46. The van der Waals surface area contributed by atoms with E-state index >= 15 is 0 Å². The van der Waals surface area contributed by atoms with E-state index in [9.17, 15) is 4.79 Å². The molecule has 2 saturated heterocycles. The number of likely N-dealkylation sites (tertiary alicyclic amines) is 2. The molecule has 8 heteroatoms. The first-order chi connectivity index (χ1) is 12.6. The molecule has 27 heavy (non-hydrogen) atoms. The van der Waals surface area contributed by atoms with E-state index in [1.54, 1.807) is 4.90 Å². The first-order valence-electron chi connectivity index (χ1n) is 10.2. The zero-order valence-electron chi connectivity index (χ0n) is 17.5. The van der Waals surface area contributed by atoms with Crippen LogP contribution in [-0.2, 0) is 4.79 Å². The van der Waals surface area contributed by atoms with E-state index in [1.165, 1.54) is 19.4 Å². The van der Waals surface area contributed by atoms with Crippen LogP contribution >= 0.6 is 24.0 Å². The highest BCUT2D eigenvalue weighted by Crippen LogP contribution is 2.18. The van der Waals surface area contributed by atoms with Gasteiger partial charge >= 0.3 is 0 Å². The monoisotopic (exact) mass is 494 g/mol. The second-order valence-electron chi connectivity index (χ2n) is 7.58. The summed E-state index contributed by atoms with van der Waals surface area (Å²) in [4.78, 5) is 23.2. The molecule has 2 rings (SSSR count).